The lowest BCUT2D eigenvalue weighted by Gasteiger charge is -2.18. The lowest BCUT2D eigenvalue weighted by molar-refractivity contribution is 0.317. The van der Waals surface area contributed by atoms with Crippen LogP contribution < -0.4 is 10.6 Å². The third-order valence-electron chi connectivity index (χ3n) is 5.02. The van der Waals surface area contributed by atoms with Gasteiger partial charge in [-0.25, -0.2) is 0 Å². The van der Waals surface area contributed by atoms with Gasteiger partial charge < -0.3 is 20.1 Å². The Hall–Kier alpha value is -1.28. The number of nitrogens with one attached hydrogen (secondary N) is 2. The molecular formula is C20H32IN5. The van der Waals surface area contributed by atoms with Gasteiger partial charge in [0.1, 0.15) is 0 Å². The molecule has 5 nitrogen and oxygen atoms in total. The highest BCUT2D eigenvalue weighted by molar-refractivity contribution is 14.0. The van der Waals surface area contributed by atoms with Crippen molar-refractivity contribution in [3.05, 3.63) is 36.5 Å². The number of likely N-dealkylation sites (tertiary alicyclic amines) is 1. The van der Waals surface area contributed by atoms with E-state index < -0.39 is 0 Å². The Kier molecular flexibility index (Phi) is 8.71. The molecule has 0 saturated carbocycles. The van der Waals surface area contributed by atoms with Gasteiger partial charge in [0.2, 0.25) is 0 Å². The van der Waals surface area contributed by atoms with Crippen LogP contribution in [0.25, 0.3) is 10.9 Å². The number of guanidine groups is 1. The second-order valence-electron chi connectivity index (χ2n) is 6.84. The van der Waals surface area contributed by atoms with Gasteiger partial charge in [0.25, 0.3) is 0 Å². The fourth-order valence-corrected chi connectivity index (χ4v) is 3.54. The predicted octanol–water partition coefficient (Wildman–Crippen LogP) is 3.30. The van der Waals surface area contributed by atoms with E-state index in [2.05, 4.69) is 70.6 Å². The van der Waals surface area contributed by atoms with Crippen molar-refractivity contribution in [3.63, 3.8) is 0 Å². The SMILES string of the molecule is CCNC(=NCC1CCCN1C)NCCCn1ccc2ccccc21.I. The predicted molar refractivity (Wildman–Crippen MR) is 122 cm³/mol. The highest BCUT2D eigenvalue weighted by Crippen LogP contribution is 2.15. The summed E-state index contributed by atoms with van der Waals surface area (Å²) >= 11 is 0. The van der Waals surface area contributed by atoms with E-state index in [-0.39, 0.29) is 24.0 Å². The molecule has 1 aromatic heterocycles. The Labute approximate surface area is 174 Å². The highest BCUT2D eigenvalue weighted by atomic mass is 127. The van der Waals surface area contributed by atoms with Crippen LogP contribution in [0.5, 0.6) is 0 Å². The Morgan fingerprint density at radius 2 is 2.08 bits per heavy atom. The van der Waals surface area contributed by atoms with Crippen molar-refractivity contribution < 1.29 is 0 Å². The molecule has 0 spiro atoms. The Morgan fingerprint density at radius 3 is 2.85 bits per heavy atom. The molecule has 1 aromatic carbocycles. The number of nitrogens with zero attached hydrogens (tertiary/aromatic N) is 3. The number of benzene rings is 1. The zero-order chi connectivity index (χ0) is 17.5. The molecule has 0 aliphatic carbocycles. The largest absolute Gasteiger partial charge is 0.357 e. The Bertz CT molecular complexity index is 696. The molecule has 26 heavy (non-hydrogen) atoms. The molecule has 0 amide bonds. The number of rotatable bonds is 7. The summed E-state index contributed by atoms with van der Waals surface area (Å²) in [5.41, 5.74) is 1.31. The van der Waals surface area contributed by atoms with Gasteiger partial charge in [-0.2, -0.15) is 0 Å². The van der Waals surface area contributed by atoms with Crippen LogP contribution in [0.1, 0.15) is 26.2 Å². The van der Waals surface area contributed by atoms with Gasteiger partial charge in [0, 0.05) is 37.4 Å². The molecule has 1 saturated heterocycles. The molecule has 1 aliphatic heterocycles. The van der Waals surface area contributed by atoms with Crippen LogP contribution >= 0.6 is 24.0 Å². The minimum atomic E-state index is 0. The summed E-state index contributed by atoms with van der Waals surface area (Å²) in [6.07, 6.45) is 5.82. The van der Waals surface area contributed by atoms with Gasteiger partial charge in [-0.1, -0.05) is 18.2 Å². The molecule has 2 aromatic rings. The number of likely N-dealkylation sites (N-methyl/N-ethyl adjacent to an activating group) is 1. The summed E-state index contributed by atoms with van der Waals surface area (Å²) in [7, 11) is 2.20. The molecule has 1 atom stereocenters. The van der Waals surface area contributed by atoms with E-state index in [0.717, 1.165) is 38.6 Å². The molecule has 2 heterocycles. The number of aryl methyl sites for hydroxylation is 1. The van der Waals surface area contributed by atoms with Crippen LogP contribution in [-0.2, 0) is 6.54 Å². The Balaban J connectivity index is 0.00000243. The smallest absolute Gasteiger partial charge is 0.191 e. The normalized spacial score (nSPS) is 18.1. The molecule has 144 valence electrons. The van der Waals surface area contributed by atoms with Crippen LogP contribution in [0, 0.1) is 0 Å². The molecule has 1 aliphatic rings. The second kappa shape index (κ2) is 10.8. The quantitative estimate of drug-likeness (QED) is 0.283. The standard InChI is InChI=1S/C20H31N5.HI/c1-3-21-20(23-16-18-9-6-13-24(18)2)22-12-7-14-25-15-11-17-8-4-5-10-19(17)25;/h4-5,8,10-11,15,18H,3,6-7,9,12-14,16H2,1-2H3,(H2,21,22,23);1H. The monoisotopic (exact) mass is 469 g/mol. The van der Waals surface area contributed by atoms with E-state index in [1.165, 1.54) is 30.3 Å². The van der Waals surface area contributed by atoms with E-state index in [0.29, 0.717) is 6.04 Å². The van der Waals surface area contributed by atoms with Crippen molar-refractivity contribution in [2.75, 3.05) is 33.2 Å². The van der Waals surface area contributed by atoms with E-state index in [1.54, 1.807) is 0 Å². The summed E-state index contributed by atoms with van der Waals surface area (Å²) in [6, 6.07) is 11.3. The third kappa shape index (κ3) is 5.61. The number of fused-ring (bicyclic) bond motifs is 1. The topological polar surface area (TPSA) is 44.6 Å². The average Bonchev–Trinajstić information content (AvgIpc) is 3.22. The summed E-state index contributed by atoms with van der Waals surface area (Å²) in [5.74, 6) is 0.945. The van der Waals surface area contributed by atoms with Crippen molar-refractivity contribution in [1.29, 1.82) is 0 Å². The molecule has 1 unspecified atom stereocenters. The molecular weight excluding hydrogens is 437 g/mol. The maximum atomic E-state index is 4.78. The maximum Gasteiger partial charge on any atom is 0.191 e. The highest BCUT2D eigenvalue weighted by Gasteiger charge is 2.20. The van der Waals surface area contributed by atoms with Gasteiger partial charge in [-0.3, -0.25) is 4.99 Å². The summed E-state index contributed by atoms with van der Waals surface area (Å²) in [5, 5.41) is 8.15. The molecule has 0 bridgehead atoms. The van der Waals surface area contributed by atoms with Crippen LogP contribution in [0.15, 0.2) is 41.5 Å². The maximum absolute atomic E-state index is 4.78. The van der Waals surface area contributed by atoms with Crippen molar-refractivity contribution in [1.82, 2.24) is 20.1 Å². The molecule has 6 heteroatoms. The number of para-hydroxylation sites is 1. The van der Waals surface area contributed by atoms with Crippen LogP contribution in [0.2, 0.25) is 0 Å². The molecule has 1 fully saturated rings. The van der Waals surface area contributed by atoms with Crippen LogP contribution in [-0.4, -0.2) is 54.7 Å². The van der Waals surface area contributed by atoms with Gasteiger partial charge in [-0.15, -0.1) is 24.0 Å². The van der Waals surface area contributed by atoms with Gasteiger partial charge in [0.15, 0.2) is 5.96 Å². The van der Waals surface area contributed by atoms with Crippen LogP contribution in [0.4, 0.5) is 0 Å². The summed E-state index contributed by atoms with van der Waals surface area (Å²) in [4.78, 5) is 7.20. The molecule has 0 radical (unpaired) electrons. The molecule has 3 rings (SSSR count). The number of hydrogen-bond donors (Lipinski definition) is 2. The zero-order valence-electron chi connectivity index (χ0n) is 15.9. The fraction of sp³-hybridized carbons (Fsp3) is 0.550. The van der Waals surface area contributed by atoms with Gasteiger partial charge in [0.05, 0.1) is 6.54 Å². The fourth-order valence-electron chi connectivity index (χ4n) is 3.54. The van der Waals surface area contributed by atoms with Crippen molar-refractivity contribution in [2.45, 2.75) is 38.8 Å². The van der Waals surface area contributed by atoms with E-state index in [4.69, 9.17) is 4.99 Å². The van der Waals surface area contributed by atoms with E-state index >= 15 is 0 Å². The number of halogens is 1. The van der Waals surface area contributed by atoms with E-state index in [1.807, 2.05) is 0 Å². The first-order valence-corrected chi connectivity index (χ1v) is 9.54. The first-order chi connectivity index (χ1) is 12.3. The lowest BCUT2D eigenvalue weighted by atomic mass is 10.2. The minimum absolute atomic E-state index is 0. The van der Waals surface area contributed by atoms with E-state index in [9.17, 15) is 0 Å². The Morgan fingerprint density at radius 1 is 1.23 bits per heavy atom. The second-order valence-corrected chi connectivity index (χ2v) is 6.84. The molecule has 2 N–H and O–H groups in total. The summed E-state index contributed by atoms with van der Waals surface area (Å²) < 4.78 is 2.33. The van der Waals surface area contributed by atoms with Gasteiger partial charge >= 0.3 is 0 Å². The number of aromatic nitrogens is 1. The number of aliphatic imine (C=N–C) groups is 1. The average molecular weight is 469 g/mol. The third-order valence-corrected chi connectivity index (χ3v) is 5.02. The van der Waals surface area contributed by atoms with Gasteiger partial charge in [-0.05, 0) is 57.3 Å². The zero-order valence-corrected chi connectivity index (χ0v) is 18.3. The first-order valence-electron chi connectivity index (χ1n) is 9.54. The summed E-state index contributed by atoms with van der Waals surface area (Å²) in [6.45, 7) is 7.05. The minimum Gasteiger partial charge on any atom is -0.357 e. The number of hydrogen-bond acceptors (Lipinski definition) is 2. The van der Waals surface area contributed by atoms with Crippen LogP contribution in [0.3, 0.4) is 0 Å². The first kappa shape index (κ1) is 21.0. The van der Waals surface area contributed by atoms with Crippen molar-refractivity contribution in [3.8, 4) is 0 Å². The lowest BCUT2D eigenvalue weighted by Crippen LogP contribution is -2.39. The van der Waals surface area contributed by atoms with Crippen molar-refractivity contribution >= 4 is 40.8 Å². The van der Waals surface area contributed by atoms with Crippen molar-refractivity contribution in [2.24, 2.45) is 4.99 Å².